The molecule has 0 saturated carbocycles. The lowest BCUT2D eigenvalue weighted by Crippen LogP contribution is -2.15. The standard InChI is InChI=1S/C14H22N2O2.ClH/c1-3-18-11-12-6-4-7-13(10-12)16-14(17)8-5-9-15-2;/h4,6-7,10,15H,3,5,8-9,11H2,1-2H3,(H,16,17);1H. The van der Waals surface area contributed by atoms with Crippen LogP contribution in [-0.4, -0.2) is 26.1 Å². The van der Waals surface area contributed by atoms with Crippen LogP contribution in [0.25, 0.3) is 0 Å². The largest absolute Gasteiger partial charge is 0.377 e. The summed E-state index contributed by atoms with van der Waals surface area (Å²) in [5.74, 6) is 0.0545. The van der Waals surface area contributed by atoms with Gasteiger partial charge in [0.1, 0.15) is 0 Å². The van der Waals surface area contributed by atoms with Gasteiger partial charge in [0.25, 0.3) is 0 Å². The Morgan fingerprint density at radius 1 is 1.37 bits per heavy atom. The number of rotatable bonds is 8. The zero-order valence-corrected chi connectivity index (χ0v) is 12.4. The van der Waals surface area contributed by atoms with Gasteiger partial charge in [0.05, 0.1) is 6.61 Å². The Bertz CT molecular complexity index is 372. The third-order valence-electron chi connectivity index (χ3n) is 2.51. The van der Waals surface area contributed by atoms with E-state index in [0.29, 0.717) is 19.6 Å². The van der Waals surface area contributed by atoms with Crippen molar-refractivity contribution in [2.75, 3.05) is 25.5 Å². The first-order chi connectivity index (χ1) is 8.76. The molecule has 0 radical (unpaired) electrons. The van der Waals surface area contributed by atoms with E-state index in [1.807, 2.05) is 38.2 Å². The molecule has 0 aliphatic rings. The maximum Gasteiger partial charge on any atom is 0.224 e. The van der Waals surface area contributed by atoms with E-state index in [1.165, 1.54) is 0 Å². The van der Waals surface area contributed by atoms with Crippen molar-refractivity contribution in [1.29, 1.82) is 0 Å². The van der Waals surface area contributed by atoms with Gasteiger partial charge in [-0.15, -0.1) is 12.4 Å². The molecule has 108 valence electrons. The normalized spacial score (nSPS) is 9.79. The molecular formula is C14H23ClN2O2. The Morgan fingerprint density at radius 2 is 2.16 bits per heavy atom. The summed E-state index contributed by atoms with van der Waals surface area (Å²) in [6, 6.07) is 7.76. The molecule has 0 aromatic heterocycles. The first-order valence-corrected chi connectivity index (χ1v) is 6.37. The minimum Gasteiger partial charge on any atom is -0.377 e. The Morgan fingerprint density at radius 3 is 2.84 bits per heavy atom. The number of nitrogens with one attached hydrogen (secondary N) is 2. The number of hydrogen-bond donors (Lipinski definition) is 2. The van der Waals surface area contributed by atoms with Crippen molar-refractivity contribution in [2.24, 2.45) is 0 Å². The van der Waals surface area contributed by atoms with Gasteiger partial charge in [-0.3, -0.25) is 4.79 Å². The highest BCUT2D eigenvalue weighted by molar-refractivity contribution is 5.90. The number of ether oxygens (including phenoxy) is 1. The van der Waals surface area contributed by atoms with Crippen molar-refractivity contribution in [1.82, 2.24) is 5.32 Å². The van der Waals surface area contributed by atoms with Crippen molar-refractivity contribution in [3.05, 3.63) is 29.8 Å². The van der Waals surface area contributed by atoms with Gasteiger partial charge in [0.2, 0.25) is 5.91 Å². The van der Waals surface area contributed by atoms with Crippen LogP contribution in [0.2, 0.25) is 0 Å². The average molecular weight is 287 g/mol. The fourth-order valence-electron chi connectivity index (χ4n) is 1.61. The summed E-state index contributed by atoms with van der Waals surface area (Å²) in [5.41, 5.74) is 1.91. The molecule has 1 aromatic rings. The molecule has 0 aliphatic heterocycles. The van der Waals surface area contributed by atoms with E-state index in [-0.39, 0.29) is 18.3 Å². The zero-order valence-electron chi connectivity index (χ0n) is 11.6. The van der Waals surface area contributed by atoms with Crippen molar-refractivity contribution < 1.29 is 9.53 Å². The molecular weight excluding hydrogens is 264 g/mol. The molecule has 5 heteroatoms. The van der Waals surface area contributed by atoms with E-state index in [0.717, 1.165) is 24.2 Å². The van der Waals surface area contributed by atoms with Crippen LogP contribution in [0.4, 0.5) is 5.69 Å². The fourth-order valence-corrected chi connectivity index (χ4v) is 1.61. The maximum atomic E-state index is 11.6. The number of amides is 1. The van der Waals surface area contributed by atoms with Crippen LogP contribution < -0.4 is 10.6 Å². The highest BCUT2D eigenvalue weighted by Crippen LogP contribution is 2.12. The fraction of sp³-hybridized carbons (Fsp3) is 0.500. The number of benzene rings is 1. The molecule has 0 heterocycles. The molecule has 1 rings (SSSR count). The lowest BCUT2D eigenvalue weighted by Gasteiger charge is -2.07. The molecule has 0 fully saturated rings. The van der Waals surface area contributed by atoms with Gasteiger partial charge in [-0.1, -0.05) is 12.1 Å². The highest BCUT2D eigenvalue weighted by atomic mass is 35.5. The van der Waals surface area contributed by atoms with Crippen molar-refractivity contribution in [3.8, 4) is 0 Å². The SMILES string of the molecule is CCOCc1cccc(NC(=O)CCCNC)c1.Cl. The van der Waals surface area contributed by atoms with Crippen LogP contribution in [0.1, 0.15) is 25.3 Å². The van der Waals surface area contributed by atoms with Gasteiger partial charge >= 0.3 is 0 Å². The second kappa shape index (κ2) is 10.8. The summed E-state index contributed by atoms with van der Waals surface area (Å²) in [6.07, 6.45) is 1.39. The van der Waals surface area contributed by atoms with Gasteiger partial charge in [-0.25, -0.2) is 0 Å². The summed E-state index contributed by atoms with van der Waals surface area (Å²) >= 11 is 0. The maximum absolute atomic E-state index is 11.6. The van der Waals surface area contributed by atoms with Crippen molar-refractivity contribution >= 4 is 24.0 Å². The summed E-state index contributed by atoms with van der Waals surface area (Å²) < 4.78 is 5.34. The van der Waals surface area contributed by atoms with Gasteiger partial charge in [0.15, 0.2) is 0 Å². The zero-order chi connectivity index (χ0) is 13.2. The number of carbonyl (C=O) groups excluding carboxylic acids is 1. The summed E-state index contributed by atoms with van der Waals surface area (Å²) in [5, 5.41) is 5.92. The molecule has 1 aromatic carbocycles. The first kappa shape index (κ1) is 17.9. The predicted molar refractivity (Wildman–Crippen MR) is 80.8 cm³/mol. The van der Waals surface area contributed by atoms with Gasteiger partial charge in [-0.2, -0.15) is 0 Å². The third kappa shape index (κ3) is 7.82. The van der Waals surface area contributed by atoms with Crippen LogP contribution >= 0.6 is 12.4 Å². The lowest BCUT2D eigenvalue weighted by molar-refractivity contribution is -0.116. The summed E-state index contributed by atoms with van der Waals surface area (Å²) in [7, 11) is 1.88. The highest BCUT2D eigenvalue weighted by Gasteiger charge is 2.02. The molecule has 0 unspecified atom stereocenters. The minimum atomic E-state index is 0. The number of hydrogen-bond acceptors (Lipinski definition) is 3. The molecule has 0 saturated heterocycles. The molecule has 0 atom stereocenters. The molecule has 1 amide bonds. The molecule has 4 nitrogen and oxygen atoms in total. The van der Waals surface area contributed by atoms with E-state index in [4.69, 9.17) is 4.74 Å². The quantitative estimate of drug-likeness (QED) is 0.722. The monoisotopic (exact) mass is 286 g/mol. The first-order valence-electron chi connectivity index (χ1n) is 6.37. The Kier molecular flexibility index (Phi) is 10.2. The Hall–Kier alpha value is -1.10. The van der Waals surface area contributed by atoms with Gasteiger partial charge in [-0.05, 0) is 44.6 Å². The van der Waals surface area contributed by atoms with Crippen LogP contribution in [-0.2, 0) is 16.1 Å². The smallest absolute Gasteiger partial charge is 0.224 e. The average Bonchev–Trinajstić information content (AvgIpc) is 2.37. The molecule has 0 spiro atoms. The Balaban J connectivity index is 0.00000324. The van der Waals surface area contributed by atoms with E-state index in [9.17, 15) is 4.79 Å². The van der Waals surface area contributed by atoms with E-state index in [2.05, 4.69) is 10.6 Å². The topological polar surface area (TPSA) is 50.4 Å². The van der Waals surface area contributed by atoms with Crippen molar-refractivity contribution in [3.63, 3.8) is 0 Å². The van der Waals surface area contributed by atoms with E-state index in [1.54, 1.807) is 0 Å². The van der Waals surface area contributed by atoms with Crippen LogP contribution in [0.5, 0.6) is 0 Å². The number of halogens is 1. The van der Waals surface area contributed by atoms with Gasteiger partial charge in [0, 0.05) is 18.7 Å². The Labute approximate surface area is 121 Å². The van der Waals surface area contributed by atoms with Crippen LogP contribution in [0.3, 0.4) is 0 Å². The number of anilines is 1. The molecule has 0 aliphatic carbocycles. The molecule has 19 heavy (non-hydrogen) atoms. The summed E-state index contributed by atoms with van der Waals surface area (Å²) in [4.78, 5) is 11.6. The lowest BCUT2D eigenvalue weighted by atomic mass is 10.2. The second-order valence-corrected chi connectivity index (χ2v) is 4.09. The summed E-state index contributed by atoms with van der Waals surface area (Å²) in [6.45, 7) is 4.10. The number of carbonyl (C=O) groups is 1. The minimum absolute atomic E-state index is 0. The molecule has 2 N–H and O–H groups in total. The van der Waals surface area contributed by atoms with Crippen molar-refractivity contribution in [2.45, 2.75) is 26.4 Å². The van der Waals surface area contributed by atoms with Gasteiger partial charge < -0.3 is 15.4 Å². The van der Waals surface area contributed by atoms with Crippen LogP contribution in [0, 0.1) is 0 Å². The van der Waals surface area contributed by atoms with E-state index >= 15 is 0 Å². The van der Waals surface area contributed by atoms with E-state index < -0.39 is 0 Å². The molecule has 0 bridgehead atoms. The third-order valence-corrected chi connectivity index (χ3v) is 2.51. The second-order valence-electron chi connectivity index (χ2n) is 4.09. The predicted octanol–water partition coefficient (Wildman–Crippen LogP) is 2.58. The van der Waals surface area contributed by atoms with Crippen LogP contribution in [0.15, 0.2) is 24.3 Å².